The molecular weight excluding hydrogens is 246 g/mol. The summed E-state index contributed by atoms with van der Waals surface area (Å²) in [5.74, 6) is 0.475. The summed E-state index contributed by atoms with van der Waals surface area (Å²) >= 11 is 0. The van der Waals surface area contributed by atoms with Gasteiger partial charge in [-0.25, -0.2) is 0 Å². The molecule has 0 amide bonds. The van der Waals surface area contributed by atoms with E-state index in [1.165, 1.54) is 5.57 Å². The highest BCUT2D eigenvalue weighted by Gasteiger charge is 2.13. The first kappa shape index (κ1) is 18.4. The first-order chi connectivity index (χ1) is 9.47. The van der Waals surface area contributed by atoms with Gasteiger partial charge in [0.1, 0.15) is 5.76 Å². The highest BCUT2D eigenvalue weighted by atomic mass is 16.5. The number of ether oxygens (including phenoxy) is 1. The van der Waals surface area contributed by atoms with Crippen LogP contribution in [0.1, 0.15) is 53.4 Å². The van der Waals surface area contributed by atoms with Gasteiger partial charge in [-0.2, -0.15) is 0 Å². The summed E-state index contributed by atoms with van der Waals surface area (Å²) < 4.78 is 5.50. The Morgan fingerprint density at radius 3 is 2.35 bits per heavy atom. The molecule has 0 aliphatic carbocycles. The zero-order valence-electron chi connectivity index (χ0n) is 13.5. The van der Waals surface area contributed by atoms with Gasteiger partial charge in [0, 0.05) is 0 Å². The van der Waals surface area contributed by atoms with Gasteiger partial charge in [-0.15, -0.1) is 0 Å². The summed E-state index contributed by atoms with van der Waals surface area (Å²) in [5.41, 5.74) is 3.82. The lowest BCUT2D eigenvalue weighted by atomic mass is 9.93. The first-order valence-electron chi connectivity index (χ1n) is 7.35. The predicted octanol–water partition coefficient (Wildman–Crippen LogP) is 5.59. The summed E-state index contributed by atoms with van der Waals surface area (Å²) in [6, 6.07) is 0. The summed E-state index contributed by atoms with van der Waals surface area (Å²) in [6.45, 7) is 16.6. The second kappa shape index (κ2) is 10.2. The molecule has 0 aromatic rings. The highest BCUT2D eigenvalue weighted by Crippen LogP contribution is 2.23. The Morgan fingerprint density at radius 2 is 1.90 bits per heavy atom. The normalized spacial score (nSPS) is 12.2. The second-order valence-corrected chi connectivity index (χ2v) is 4.99. The van der Waals surface area contributed by atoms with Crippen LogP contribution in [0.25, 0.3) is 0 Å². The number of hydrogen-bond donors (Lipinski definition) is 1. The molecule has 0 aromatic carbocycles. The molecule has 112 valence electrons. The molecule has 0 spiro atoms. The van der Waals surface area contributed by atoms with Gasteiger partial charge in [0.05, 0.1) is 12.3 Å². The van der Waals surface area contributed by atoms with Gasteiger partial charge in [0.2, 0.25) is 0 Å². The topological polar surface area (TPSA) is 33.1 Å². The summed E-state index contributed by atoms with van der Waals surface area (Å²) in [5, 5.41) is 8.30. The van der Waals surface area contributed by atoms with E-state index < -0.39 is 0 Å². The van der Waals surface area contributed by atoms with Crippen LogP contribution in [0.3, 0.4) is 0 Å². The molecule has 2 heteroatoms. The fraction of sp³-hybridized carbons (Fsp3) is 0.500. The Morgan fingerprint density at radius 1 is 1.25 bits per heavy atom. The van der Waals surface area contributed by atoms with Gasteiger partial charge in [-0.3, -0.25) is 5.41 Å². The van der Waals surface area contributed by atoms with Gasteiger partial charge in [0.15, 0.2) is 0 Å². The van der Waals surface area contributed by atoms with Crippen molar-refractivity contribution in [3.8, 4) is 0 Å². The summed E-state index contributed by atoms with van der Waals surface area (Å²) in [6.07, 6.45) is 7.59. The molecule has 0 heterocycles. The largest absolute Gasteiger partial charge is 0.492 e. The zero-order chi connectivity index (χ0) is 15.5. The third-order valence-corrected chi connectivity index (χ3v) is 2.96. The first-order valence-corrected chi connectivity index (χ1v) is 7.35. The van der Waals surface area contributed by atoms with Crippen LogP contribution in [0.15, 0.2) is 47.8 Å². The molecule has 0 atom stereocenters. The van der Waals surface area contributed by atoms with E-state index in [9.17, 15) is 0 Å². The fourth-order valence-corrected chi connectivity index (χ4v) is 2.00. The lowest BCUT2D eigenvalue weighted by Gasteiger charge is -2.16. The Hall–Kier alpha value is -1.57. The van der Waals surface area contributed by atoms with Crippen molar-refractivity contribution in [1.82, 2.24) is 0 Å². The average Bonchev–Trinajstić information content (AvgIpc) is 2.41. The minimum atomic E-state index is 0.432. The number of rotatable bonds is 10. The number of nitrogens with one attached hydrogen (secondary N) is 1. The lowest BCUT2D eigenvalue weighted by Crippen LogP contribution is -2.10. The quantitative estimate of drug-likeness (QED) is 0.315. The molecule has 0 aromatic heterocycles. The van der Waals surface area contributed by atoms with E-state index >= 15 is 0 Å². The van der Waals surface area contributed by atoms with Crippen LogP contribution in [0.5, 0.6) is 0 Å². The van der Waals surface area contributed by atoms with Gasteiger partial charge in [-0.05, 0) is 45.1 Å². The van der Waals surface area contributed by atoms with Crippen LogP contribution in [0.2, 0.25) is 0 Å². The van der Waals surface area contributed by atoms with E-state index in [4.69, 9.17) is 10.1 Å². The summed E-state index contributed by atoms with van der Waals surface area (Å²) in [7, 11) is 0. The molecule has 0 aliphatic heterocycles. The van der Waals surface area contributed by atoms with Crippen molar-refractivity contribution in [2.75, 3.05) is 6.61 Å². The molecule has 0 saturated carbocycles. The minimum Gasteiger partial charge on any atom is -0.492 e. The smallest absolute Gasteiger partial charge is 0.137 e. The van der Waals surface area contributed by atoms with E-state index in [0.29, 0.717) is 18.1 Å². The monoisotopic (exact) mass is 275 g/mol. The number of allylic oxidation sites excluding steroid dienone is 5. The predicted molar refractivity (Wildman–Crippen MR) is 89.3 cm³/mol. The van der Waals surface area contributed by atoms with Crippen molar-refractivity contribution in [2.45, 2.75) is 53.4 Å². The fourth-order valence-electron chi connectivity index (χ4n) is 2.00. The zero-order valence-corrected chi connectivity index (χ0v) is 13.5. The molecule has 0 radical (unpaired) electrons. The molecule has 2 nitrogen and oxygen atoms in total. The van der Waals surface area contributed by atoms with Crippen molar-refractivity contribution in [2.24, 2.45) is 0 Å². The standard InChI is InChI=1S/C18H29NO/c1-7-10-11-16(13-14(4)5)17(9-3)18(19)15(6)20-12-8-2/h7,10,19H,4,6,8-9,11-13H2,1-3,5H3/b10-7?,17-16-,19-18?. The van der Waals surface area contributed by atoms with Crippen LogP contribution in [0, 0.1) is 5.41 Å². The van der Waals surface area contributed by atoms with Crippen LogP contribution < -0.4 is 0 Å². The van der Waals surface area contributed by atoms with E-state index in [-0.39, 0.29) is 0 Å². The average molecular weight is 275 g/mol. The van der Waals surface area contributed by atoms with E-state index in [1.54, 1.807) is 0 Å². The SMILES string of the molecule is C=C(C)C/C(CC=CC)=C(/CC)C(=N)C(=C)OCCC. The van der Waals surface area contributed by atoms with E-state index in [2.05, 4.69) is 26.2 Å². The second-order valence-electron chi connectivity index (χ2n) is 4.99. The van der Waals surface area contributed by atoms with Gasteiger partial charge < -0.3 is 4.74 Å². The number of hydrogen-bond acceptors (Lipinski definition) is 2. The van der Waals surface area contributed by atoms with Crippen molar-refractivity contribution in [1.29, 1.82) is 5.41 Å². The van der Waals surface area contributed by atoms with Crippen LogP contribution in [-0.4, -0.2) is 12.3 Å². The van der Waals surface area contributed by atoms with Gasteiger partial charge >= 0.3 is 0 Å². The maximum Gasteiger partial charge on any atom is 0.137 e. The third kappa shape index (κ3) is 6.55. The summed E-state index contributed by atoms with van der Waals surface area (Å²) in [4.78, 5) is 0. The Kier molecular flexibility index (Phi) is 9.44. The van der Waals surface area contributed by atoms with E-state index in [0.717, 1.165) is 36.8 Å². The minimum absolute atomic E-state index is 0.432. The van der Waals surface area contributed by atoms with Crippen molar-refractivity contribution in [3.63, 3.8) is 0 Å². The molecular formula is C18H29NO. The third-order valence-electron chi connectivity index (χ3n) is 2.96. The van der Waals surface area contributed by atoms with Gasteiger partial charge in [0.25, 0.3) is 0 Å². The van der Waals surface area contributed by atoms with Crippen LogP contribution in [-0.2, 0) is 4.74 Å². The van der Waals surface area contributed by atoms with Crippen molar-refractivity contribution >= 4 is 5.71 Å². The molecule has 0 rings (SSSR count). The van der Waals surface area contributed by atoms with Crippen molar-refractivity contribution < 1.29 is 4.74 Å². The molecule has 0 saturated heterocycles. The molecule has 0 fully saturated rings. The van der Waals surface area contributed by atoms with Crippen LogP contribution in [0.4, 0.5) is 0 Å². The maximum absolute atomic E-state index is 8.30. The van der Waals surface area contributed by atoms with Crippen molar-refractivity contribution in [3.05, 3.63) is 47.8 Å². The lowest BCUT2D eigenvalue weighted by molar-refractivity contribution is 0.232. The molecule has 1 N–H and O–H groups in total. The molecule has 0 aliphatic rings. The Labute approximate surface area is 124 Å². The van der Waals surface area contributed by atoms with Gasteiger partial charge in [-0.1, -0.05) is 50.3 Å². The highest BCUT2D eigenvalue weighted by molar-refractivity contribution is 6.09. The molecule has 20 heavy (non-hydrogen) atoms. The maximum atomic E-state index is 8.30. The van der Waals surface area contributed by atoms with E-state index in [1.807, 2.05) is 26.8 Å². The Bertz CT molecular complexity index is 413. The molecule has 0 unspecified atom stereocenters. The van der Waals surface area contributed by atoms with Crippen LogP contribution >= 0.6 is 0 Å². The Balaban J connectivity index is 5.26. The molecule has 0 bridgehead atoms.